The van der Waals surface area contributed by atoms with Crippen LogP contribution in [-0.4, -0.2) is 4.99 Å². The molecule has 0 saturated heterocycles. The van der Waals surface area contributed by atoms with Crippen LogP contribution >= 0.6 is 28.1 Å². The van der Waals surface area contributed by atoms with Crippen LogP contribution in [0.25, 0.3) is 0 Å². The molecule has 2 aromatic carbocycles. The van der Waals surface area contributed by atoms with E-state index >= 15 is 0 Å². The van der Waals surface area contributed by atoms with Crippen molar-refractivity contribution in [2.45, 2.75) is 13.5 Å². The molecule has 2 rings (SSSR count). The number of hydrogen-bond donors (Lipinski definition) is 1. The molecule has 0 aromatic heterocycles. The van der Waals surface area contributed by atoms with Crippen molar-refractivity contribution in [1.82, 2.24) is 0 Å². The Labute approximate surface area is 126 Å². The molecule has 2 nitrogen and oxygen atoms in total. The van der Waals surface area contributed by atoms with Crippen LogP contribution in [0.4, 0.5) is 0 Å². The second-order valence-electron chi connectivity index (χ2n) is 4.24. The van der Waals surface area contributed by atoms with E-state index in [0.717, 1.165) is 21.2 Å². The van der Waals surface area contributed by atoms with E-state index in [1.165, 1.54) is 0 Å². The molecule has 0 amide bonds. The third kappa shape index (κ3) is 3.55. The van der Waals surface area contributed by atoms with Gasteiger partial charge in [-0.15, -0.1) is 0 Å². The van der Waals surface area contributed by atoms with Crippen LogP contribution in [0.1, 0.15) is 16.7 Å². The molecule has 0 aliphatic heterocycles. The SMILES string of the molecule is Cc1ccc(OCc2ccccc2Br)c(C(N)=S)c1. The number of ether oxygens (including phenoxy) is 1. The first kappa shape index (κ1) is 14.0. The molecule has 98 valence electrons. The maximum atomic E-state index is 5.82. The molecule has 0 spiro atoms. The lowest BCUT2D eigenvalue weighted by Crippen LogP contribution is -2.12. The van der Waals surface area contributed by atoms with Crippen molar-refractivity contribution < 1.29 is 4.74 Å². The monoisotopic (exact) mass is 335 g/mol. The van der Waals surface area contributed by atoms with Crippen LogP contribution in [0, 0.1) is 6.92 Å². The van der Waals surface area contributed by atoms with Crippen LogP contribution in [0.15, 0.2) is 46.9 Å². The number of aryl methyl sites for hydroxylation is 1. The molecule has 0 fully saturated rings. The summed E-state index contributed by atoms with van der Waals surface area (Å²) in [5.74, 6) is 0.717. The summed E-state index contributed by atoms with van der Waals surface area (Å²) < 4.78 is 6.85. The topological polar surface area (TPSA) is 35.2 Å². The first-order valence-electron chi connectivity index (χ1n) is 5.84. The van der Waals surface area contributed by atoms with Gasteiger partial charge in [-0.05, 0) is 25.1 Å². The van der Waals surface area contributed by atoms with E-state index in [0.29, 0.717) is 17.3 Å². The zero-order chi connectivity index (χ0) is 13.8. The molecule has 2 aromatic rings. The molecule has 0 atom stereocenters. The maximum absolute atomic E-state index is 5.82. The summed E-state index contributed by atoms with van der Waals surface area (Å²) in [6.45, 7) is 2.47. The minimum Gasteiger partial charge on any atom is -0.488 e. The number of thiocarbonyl (C=S) groups is 1. The number of hydrogen-bond acceptors (Lipinski definition) is 2. The molecule has 2 N–H and O–H groups in total. The number of rotatable bonds is 4. The number of halogens is 1. The predicted octanol–water partition coefficient (Wildman–Crippen LogP) is 3.97. The maximum Gasteiger partial charge on any atom is 0.130 e. The highest BCUT2D eigenvalue weighted by atomic mass is 79.9. The van der Waals surface area contributed by atoms with Gasteiger partial charge in [0.05, 0.1) is 5.56 Å². The Morgan fingerprint density at radius 1 is 1.26 bits per heavy atom. The Kier molecular flexibility index (Phi) is 4.56. The number of benzene rings is 2. The van der Waals surface area contributed by atoms with Crippen molar-refractivity contribution in [2.24, 2.45) is 5.73 Å². The standard InChI is InChI=1S/C15H14BrNOS/c1-10-6-7-14(12(8-10)15(17)19)18-9-11-4-2-3-5-13(11)16/h2-8H,9H2,1H3,(H2,17,19). The smallest absolute Gasteiger partial charge is 0.130 e. The Bertz CT molecular complexity index is 613. The average Bonchev–Trinajstić information content (AvgIpc) is 2.38. The average molecular weight is 336 g/mol. The Morgan fingerprint density at radius 2 is 2.00 bits per heavy atom. The van der Waals surface area contributed by atoms with Gasteiger partial charge in [-0.1, -0.05) is 58.0 Å². The lowest BCUT2D eigenvalue weighted by atomic mass is 10.1. The summed E-state index contributed by atoms with van der Waals surface area (Å²) in [4.78, 5) is 0.353. The predicted molar refractivity (Wildman–Crippen MR) is 85.5 cm³/mol. The van der Waals surface area contributed by atoms with Gasteiger partial charge in [-0.25, -0.2) is 0 Å². The van der Waals surface area contributed by atoms with Gasteiger partial charge in [0.1, 0.15) is 17.3 Å². The largest absolute Gasteiger partial charge is 0.488 e. The molecule has 4 heteroatoms. The molecular weight excluding hydrogens is 322 g/mol. The fraction of sp³-hybridized carbons (Fsp3) is 0.133. The Morgan fingerprint density at radius 3 is 2.68 bits per heavy atom. The summed E-state index contributed by atoms with van der Waals surface area (Å²) >= 11 is 8.55. The van der Waals surface area contributed by atoms with Gasteiger partial charge in [0, 0.05) is 10.0 Å². The summed E-state index contributed by atoms with van der Waals surface area (Å²) in [5, 5.41) is 0. The fourth-order valence-electron chi connectivity index (χ4n) is 1.73. The Balaban J connectivity index is 2.20. The molecule has 0 unspecified atom stereocenters. The van der Waals surface area contributed by atoms with Crippen LogP contribution in [0.3, 0.4) is 0 Å². The summed E-state index contributed by atoms with van der Waals surface area (Å²) in [6.07, 6.45) is 0. The lowest BCUT2D eigenvalue weighted by Gasteiger charge is -2.12. The van der Waals surface area contributed by atoms with Crippen molar-refractivity contribution in [1.29, 1.82) is 0 Å². The van der Waals surface area contributed by atoms with E-state index < -0.39 is 0 Å². The van der Waals surface area contributed by atoms with Crippen molar-refractivity contribution in [3.63, 3.8) is 0 Å². The van der Waals surface area contributed by atoms with Gasteiger partial charge >= 0.3 is 0 Å². The summed E-state index contributed by atoms with van der Waals surface area (Å²) in [6, 6.07) is 13.8. The zero-order valence-corrected chi connectivity index (χ0v) is 12.9. The highest BCUT2D eigenvalue weighted by molar-refractivity contribution is 9.10. The van der Waals surface area contributed by atoms with Gasteiger partial charge in [0.25, 0.3) is 0 Å². The zero-order valence-electron chi connectivity index (χ0n) is 10.5. The van der Waals surface area contributed by atoms with Gasteiger partial charge in [-0.2, -0.15) is 0 Å². The van der Waals surface area contributed by atoms with Crippen LogP contribution in [0.2, 0.25) is 0 Å². The third-order valence-electron chi connectivity index (χ3n) is 2.74. The Hall–Kier alpha value is -1.39. The summed E-state index contributed by atoms with van der Waals surface area (Å²) in [5.41, 5.74) is 8.69. The second kappa shape index (κ2) is 6.17. The van der Waals surface area contributed by atoms with Crippen LogP contribution in [0.5, 0.6) is 5.75 Å². The minimum absolute atomic E-state index is 0.353. The van der Waals surface area contributed by atoms with Crippen LogP contribution in [-0.2, 0) is 6.61 Å². The molecule has 0 aliphatic rings. The van der Waals surface area contributed by atoms with Gasteiger partial charge < -0.3 is 10.5 Å². The van der Waals surface area contributed by atoms with E-state index in [-0.39, 0.29) is 0 Å². The van der Waals surface area contributed by atoms with E-state index in [4.69, 9.17) is 22.7 Å². The first-order chi connectivity index (χ1) is 9.08. The third-order valence-corrected chi connectivity index (χ3v) is 3.74. The molecule has 0 aliphatic carbocycles. The van der Waals surface area contributed by atoms with Crippen molar-refractivity contribution in [2.75, 3.05) is 0 Å². The fourth-order valence-corrected chi connectivity index (χ4v) is 2.29. The molecular formula is C15H14BrNOS. The molecule has 0 heterocycles. The van der Waals surface area contributed by atoms with E-state index in [2.05, 4.69) is 15.9 Å². The van der Waals surface area contributed by atoms with Gasteiger partial charge in [-0.3, -0.25) is 0 Å². The molecule has 0 radical (unpaired) electrons. The van der Waals surface area contributed by atoms with Crippen molar-refractivity contribution in [3.05, 3.63) is 63.6 Å². The van der Waals surface area contributed by atoms with Crippen LogP contribution < -0.4 is 10.5 Å². The van der Waals surface area contributed by atoms with E-state index in [1.807, 2.05) is 49.4 Å². The highest BCUT2D eigenvalue weighted by Gasteiger charge is 2.08. The van der Waals surface area contributed by atoms with Crippen molar-refractivity contribution in [3.8, 4) is 5.75 Å². The van der Waals surface area contributed by atoms with Gasteiger partial charge in [0.2, 0.25) is 0 Å². The highest BCUT2D eigenvalue weighted by Crippen LogP contribution is 2.23. The number of nitrogens with two attached hydrogens (primary N) is 1. The van der Waals surface area contributed by atoms with Crippen molar-refractivity contribution >= 4 is 33.1 Å². The normalized spacial score (nSPS) is 10.2. The minimum atomic E-state index is 0.353. The summed E-state index contributed by atoms with van der Waals surface area (Å²) in [7, 11) is 0. The molecule has 0 saturated carbocycles. The quantitative estimate of drug-likeness (QED) is 0.858. The second-order valence-corrected chi connectivity index (χ2v) is 5.54. The van der Waals surface area contributed by atoms with E-state index in [9.17, 15) is 0 Å². The molecule has 19 heavy (non-hydrogen) atoms. The van der Waals surface area contributed by atoms with E-state index in [1.54, 1.807) is 0 Å². The first-order valence-corrected chi connectivity index (χ1v) is 7.04. The van der Waals surface area contributed by atoms with Gasteiger partial charge in [0.15, 0.2) is 0 Å². The molecule has 0 bridgehead atoms. The lowest BCUT2D eigenvalue weighted by molar-refractivity contribution is 0.305.